The number of aliphatic hydroxyl groups is 1. The number of morpholine rings is 1. The van der Waals surface area contributed by atoms with Gasteiger partial charge in [0.15, 0.2) is 0 Å². The summed E-state index contributed by atoms with van der Waals surface area (Å²) in [6, 6.07) is 5.41. The van der Waals surface area contributed by atoms with Gasteiger partial charge in [-0.05, 0) is 24.6 Å². The Morgan fingerprint density at radius 2 is 2.35 bits per heavy atom. The second-order valence-corrected chi connectivity index (χ2v) is 5.63. The Balaban J connectivity index is 2.28. The van der Waals surface area contributed by atoms with Crippen molar-refractivity contribution in [3.8, 4) is 0 Å². The molecule has 0 bridgehead atoms. The molecule has 0 radical (unpaired) electrons. The molecule has 2 N–H and O–H groups in total. The maximum absolute atomic E-state index is 11.9. The van der Waals surface area contributed by atoms with Gasteiger partial charge in [-0.25, -0.2) is 0 Å². The van der Waals surface area contributed by atoms with Gasteiger partial charge in [0.1, 0.15) is 6.04 Å². The first-order valence-electron chi connectivity index (χ1n) is 6.58. The van der Waals surface area contributed by atoms with Gasteiger partial charge in [-0.2, -0.15) is 0 Å². The van der Waals surface area contributed by atoms with Crippen LogP contribution in [0.5, 0.6) is 0 Å². The molecule has 1 unspecified atom stereocenters. The van der Waals surface area contributed by atoms with Gasteiger partial charge in [0, 0.05) is 23.8 Å². The molecule has 2 rings (SSSR count). The van der Waals surface area contributed by atoms with E-state index in [-0.39, 0.29) is 11.9 Å². The SMILES string of the molecule is CNC(=O)C1COCCN1c1ccc([C@@H](C)O)c(Br)c1. The molecule has 20 heavy (non-hydrogen) atoms. The Kier molecular flexibility index (Phi) is 5.01. The highest BCUT2D eigenvalue weighted by Gasteiger charge is 2.29. The zero-order valence-electron chi connectivity index (χ0n) is 11.6. The van der Waals surface area contributed by atoms with E-state index in [4.69, 9.17) is 4.74 Å². The average Bonchev–Trinajstić information content (AvgIpc) is 2.46. The zero-order valence-corrected chi connectivity index (χ0v) is 13.2. The van der Waals surface area contributed by atoms with Crippen molar-refractivity contribution in [3.05, 3.63) is 28.2 Å². The Morgan fingerprint density at radius 3 is 2.95 bits per heavy atom. The fraction of sp³-hybridized carbons (Fsp3) is 0.500. The van der Waals surface area contributed by atoms with E-state index >= 15 is 0 Å². The molecule has 1 aliphatic heterocycles. The van der Waals surface area contributed by atoms with E-state index < -0.39 is 6.10 Å². The van der Waals surface area contributed by atoms with E-state index in [0.29, 0.717) is 19.8 Å². The van der Waals surface area contributed by atoms with Crippen LogP contribution in [0.3, 0.4) is 0 Å². The van der Waals surface area contributed by atoms with Crippen molar-refractivity contribution in [1.82, 2.24) is 5.32 Å². The van der Waals surface area contributed by atoms with Gasteiger partial charge in [-0.3, -0.25) is 4.79 Å². The molecule has 0 spiro atoms. The maximum atomic E-state index is 11.9. The second-order valence-electron chi connectivity index (χ2n) is 4.78. The minimum absolute atomic E-state index is 0.0552. The maximum Gasteiger partial charge on any atom is 0.244 e. The number of amides is 1. The number of carbonyl (C=O) groups excluding carboxylic acids is 1. The van der Waals surface area contributed by atoms with Crippen LogP contribution in [-0.2, 0) is 9.53 Å². The predicted octanol–water partition coefficient (Wildman–Crippen LogP) is 1.45. The highest BCUT2D eigenvalue weighted by atomic mass is 79.9. The van der Waals surface area contributed by atoms with Crippen molar-refractivity contribution in [2.75, 3.05) is 31.7 Å². The Bertz CT molecular complexity index is 493. The van der Waals surface area contributed by atoms with Crippen molar-refractivity contribution >= 4 is 27.5 Å². The Hall–Kier alpha value is -1.11. The van der Waals surface area contributed by atoms with Gasteiger partial charge in [-0.15, -0.1) is 0 Å². The van der Waals surface area contributed by atoms with Gasteiger partial charge in [0.2, 0.25) is 5.91 Å². The van der Waals surface area contributed by atoms with Crippen LogP contribution in [0.4, 0.5) is 5.69 Å². The highest BCUT2D eigenvalue weighted by Crippen LogP contribution is 2.29. The predicted molar refractivity (Wildman–Crippen MR) is 80.8 cm³/mol. The molecule has 1 aliphatic rings. The molecule has 0 saturated carbocycles. The topological polar surface area (TPSA) is 61.8 Å². The molecular formula is C14H19BrN2O3. The number of halogens is 1. The number of carbonyl (C=O) groups is 1. The largest absolute Gasteiger partial charge is 0.389 e. The molecule has 1 fully saturated rings. The molecule has 1 saturated heterocycles. The van der Waals surface area contributed by atoms with Crippen molar-refractivity contribution < 1.29 is 14.6 Å². The monoisotopic (exact) mass is 342 g/mol. The van der Waals surface area contributed by atoms with Crippen molar-refractivity contribution in [3.63, 3.8) is 0 Å². The van der Waals surface area contributed by atoms with Crippen LogP contribution in [0, 0.1) is 0 Å². The number of benzene rings is 1. The number of anilines is 1. The number of aliphatic hydroxyl groups excluding tert-OH is 1. The number of hydrogen-bond acceptors (Lipinski definition) is 4. The van der Waals surface area contributed by atoms with E-state index in [0.717, 1.165) is 15.7 Å². The molecule has 5 nitrogen and oxygen atoms in total. The van der Waals surface area contributed by atoms with Gasteiger partial charge >= 0.3 is 0 Å². The van der Waals surface area contributed by atoms with Crippen LogP contribution >= 0.6 is 15.9 Å². The summed E-state index contributed by atoms with van der Waals surface area (Å²) in [5, 5.41) is 12.3. The normalized spacial score (nSPS) is 20.6. The van der Waals surface area contributed by atoms with Crippen LogP contribution in [0.15, 0.2) is 22.7 Å². The first-order chi connectivity index (χ1) is 9.54. The van der Waals surface area contributed by atoms with E-state index in [1.54, 1.807) is 14.0 Å². The number of likely N-dealkylation sites (N-methyl/N-ethyl adjacent to an activating group) is 1. The van der Waals surface area contributed by atoms with Crippen LogP contribution in [-0.4, -0.2) is 43.9 Å². The van der Waals surface area contributed by atoms with Crippen LogP contribution in [0.1, 0.15) is 18.6 Å². The third-order valence-corrected chi connectivity index (χ3v) is 4.13. The highest BCUT2D eigenvalue weighted by molar-refractivity contribution is 9.10. The van der Waals surface area contributed by atoms with Crippen molar-refractivity contribution in [1.29, 1.82) is 0 Å². The zero-order chi connectivity index (χ0) is 14.7. The lowest BCUT2D eigenvalue weighted by atomic mass is 10.1. The molecule has 1 amide bonds. The van der Waals surface area contributed by atoms with E-state index in [9.17, 15) is 9.90 Å². The summed E-state index contributed by atoms with van der Waals surface area (Å²) in [5.74, 6) is -0.0552. The minimum atomic E-state index is -0.530. The van der Waals surface area contributed by atoms with Crippen molar-refractivity contribution in [2.45, 2.75) is 19.1 Å². The summed E-state index contributed by atoms with van der Waals surface area (Å²) >= 11 is 3.47. The Labute approximate surface area is 127 Å². The number of nitrogens with zero attached hydrogens (tertiary/aromatic N) is 1. The molecule has 110 valence electrons. The lowest BCUT2D eigenvalue weighted by molar-refractivity contribution is -0.124. The van der Waals surface area contributed by atoms with Crippen LogP contribution < -0.4 is 10.2 Å². The summed E-state index contributed by atoms with van der Waals surface area (Å²) in [4.78, 5) is 14.0. The van der Waals surface area contributed by atoms with Crippen LogP contribution in [0.25, 0.3) is 0 Å². The molecule has 0 aromatic heterocycles. The van der Waals surface area contributed by atoms with Gasteiger partial charge in [-0.1, -0.05) is 22.0 Å². The van der Waals surface area contributed by atoms with Gasteiger partial charge < -0.3 is 20.1 Å². The summed E-state index contributed by atoms with van der Waals surface area (Å²) in [5.41, 5.74) is 1.77. The summed E-state index contributed by atoms with van der Waals surface area (Å²) in [6.45, 7) is 3.37. The lowest BCUT2D eigenvalue weighted by Crippen LogP contribution is -2.53. The smallest absolute Gasteiger partial charge is 0.244 e. The molecule has 0 aliphatic carbocycles. The van der Waals surface area contributed by atoms with Gasteiger partial charge in [0.05, 0.1) is 19.3 Å². The quantitative estimate of drug-likeness (QED) is 0.872. The molecule has 2 atom stereocenters. The number of rotatable bonds is 3. The first-order valence-corrected chi connectivity index (χ1v) is 7.37. The second kappa shape index (κ2) is 6.56. The molecule has 1 aromatic carbocycles. The Morgan fingerprint density at radius 1 is 1.60 bits per heavy atom. The summed E-state index contributed by atoms with van der Waals surface area (Å²) in [6.07, 6.45) is -0.530. The number of nitrogens with one attached hydrogen (secondary N) is 1. The fourth-order valence-electron chi connectivity index (χ4n) is 2.33. The molecular weight excluding hydrogens is 324 g/mol. The fourth-order valence-corrected chi connectivity index (χ4v) is 3.03. The average molecular weight is 343 g/mol. The third-order valence-electron chi connectivity index (χ3n) is 3.44. The van der Waals surface area contributed by atoms with E-state index in [1.807, 2.05) is 23.1 Å². The lowest BCUT2D eigenvalue weighted by Gasteiger charge is -2.36. The minimum Gasteiger partial charge on any atom is -0.389 e. The number of hydrogen-bond donors (Lipinski definition) is 2. The van der Waals surface area contributed by atoms with Gasteiger partial charge in [0.25, 0.3) is 0 Å². The molecule has 6 heteroatoms. The summed E-state index contributed by atoms with van der Waals surface area (Å²) < 4.78 is 6.23. The standard InChI is InChI=1S/C14H19BrN2O3/c1-9(18)11-4-3-10(7-12(11)15)17-5-6-20-8-13(17)14(19)16-2/h3-4,7,9,13,18H,5-6,8H2,1-2H3,(H,16,19)/t9-,13?/m1/s1. The van der Waals surface area contributed by atoms with Crippen molar-refractivity contribution in [2.24, 2.45) is 0 Å². The third kappa shape index (κ3) is 3.13. The molecule has 1 aromatic rings. The number of ether oxygens (including phenoxy) is 1. The first kappa shape index (κ1) is 15.3. The van der Waals surface area contributed by atoms with E-state index in [1.165, 1.54) is 0 Å². The van der Waals surface area contributed by atoms with Crippen LogP contribution in [0.2, 0.25) is 0 Å². The summed E-state index contributed by atoms with van der Waals surface area (Å²) in [7, 11) is 1.63. The van der Waals surface area contributed by atoms with E-state index in [2.05, 4.69) is 21.2 Å². The molecule has 1 heterocycles.